The first kappa shape index (κ1) is 10.7. The molecule has 15 heavy (non-hydrogen) atoms. The van der Waals surface area contributed by atoms with Gasteiger partial charge in [-0.05, 0) is 22.0 Å². The van der Waals surface area contributed by atoms with Gasteiger partial charge in [0.15, 0.2) is 0 Å². The van der Waals surface area contributed by atoms with Crippen molar-refractivity contribution in [2.45, 2.75) is 6.54 Å². The molecular weight excluding hydrogens is 226 g/mol. The minimum Gasteiger partial charge on any atom is -0.317 e. The summed E-state index contributed by atoms with van der Waals surface area (Å²) in [5, 5.41) is 0. The molecular formula is C13H17FeN. The average Bonchev–Trinajstić information content (AvgIpc) is 2.86. The topological polar surface area (TPSA) is 3.24 Å². The Bertz CT molecular complexity index is 357. The van der Waals surface area contributed by atoms with E-state index < -0.39 is 0 Å². The molecule has 0 bridgehead atoms. The summed E-state index contributed by atoms with van der Waals surface area (Å²) in [5.41, 5.74) is 0.815. The van der Waals surface area contributed by atoms with Crippen LogP contribution in [0.4, 0.5) is 0 Å². The smallest absolute Gasteiger partial charge is 0.317 e. The van der Waals surface area contributed by atoms with E-state index in [0.717, 1.165) is 5.56 Å². The van der Waals surface area contributed by atoms with Crippen LogP contribution in [0.1, 0.15) is 8.30 Å². The Hall–Kier alpha value is -0.821. The van der Waals surface area contributed by atoms with Crippen LogP contribution in [0.15, 0.2) is 54.5 Å². The molecule has 2 heteroatoms. The van der Waals surface area contributed by atoms with Crippen LogP contribution < -0.4 is 0 Å². The summed E-state index contributed by atoms with van der Waals surface area (Å²) in [7, 11) is 3.87. The van der Waals surface area contributed by atoms with Gasteiger partial charge in [0.25, 0.3) is 0 Å². The maximum atomic E-state index is 7.44. The predicted octanol–water partition coefficient (Wildman–Crippen LogP) is 2.87. The molecule has 0 fully saturated rings. The molecule has 1 nitrogen and oxygen atoms in total. The van der Waals surface area contributed by atoms with Crippen molar-refractivity contribution >= 4 is 0 Å². The van der Waals surface area contributed by atoms with E-state index in [4.69, 9.17) is 2.74 Å². The number of rotatable bonds is 2. The molecule has 0 amide bonds. The first-order chi connectivity index (χ1) is 7.61. The summed E-state index contributed by atoms with van der Waals surface area (Å²) in [5.74, 6) is 0. The third kappa shape index (κ3) is 7.15. The predicted molar refractivity (Wildman–Crippen MR) is 61.5 cm³/mol. The van der Waals surface area contributed by atoms with Crippen LogP contribution in [0, 0.1) is 0 Å². The van der Waals surface area contributed by atoms with Crippen molar-refractivity contribution in [2.24, 2.45) is 0 Å². The zero-order valence-corrected chi connectivity index (χ0v) is 10.2. The van der Waals surface area contributed by atoms with E-state index in [1.807, 2.05) is 49.3 Å². The van der Waals surface area contributed by atoms with Gasteiger partial charge in [-0.3, -0.25) is 0 Å². The molecule has 82 valence electrons. The Morgan fingerprint density at radius 1 is 1.20 bits per heavy atom. The third-order valence-corrected chi connectivity index (χ3v) is 1.63. The molecule has 0 aromatic heterocycles. The van der Waals surface area contributed by atoms with E-state index in [2.05, 4.69) is 0 Å². The normalized spacial score (nSPS) is 10.9. The van der Waals surface area contributed by atoms with Gasteiger partial charge in [-0.15, -0.1) is 0 Å². The molecule has 0 unspecified atom stereocenters. The third-order valence-electron chi connectivity index (χ3n) is 1.63. The molecule has 0 aliphatic rings. The molecule has 0 spiro atoms. The molecule has 2 aromatic rings. The second-order valence-corrected chi connectivity index (χ2v) is 3.30. The average molecular weight is 245 g/mol. The molecule has 2 rings (SSSR count). The molecule has 0 heterocycles. The Labute approximate surface area is 106 Å². The fraction of sp³-hybridized carbons (Fsp3) is 0.231. The van der Waals surface area contributed by atoms with E-state index in [1.165, 1.54) is 0 Å². The van der Waals surface area contributed by atoms with Gasteiger partial charge in [0.1, 0.15) is 0 Å². The van der Waals surface area contributed by atoms with Crippen molar-refractivity contribution in [3.8, 4) is 0 Å². The van der Waals surface area contributed by atoms with Crippen LogP contribution in [-0.4, -0.2) is 19.0 Å². The van der Waals surface area contributed by atoms with Crippen LogP contribution in [0.2, 0.25) is 0 Å². The van der Waals surface area contributed by atoms with Crippen molar-refractivity contribution in [1.29, 1.82) is 0 Å². The summed E-state index contributed by atoms with van der Waals surface area (Å²) < 4.78 is 14.9. The van der Waals surface area contributed by atoms with Gasteiger partial charge in [0, 0.05) is 1.37 Å². The minimum absolute atomic E-state index is 0. The van der Waals surface area contributed by atoms with Crippen molar-refractivity contribution in [3.05, 3.63) is 60.1 Å². The minimum atomic E-state index is 0. The quantitative estimate of drug-likeness (QED) is 0.581. The van der Waals surface area contributed by atoms with Crippen molar-refractivity contribution in [3.63, 3.8) is 0 Å². The van der Waals surface area contributed by atoms with E-state index in [1.54, 1.807) is 12.1 Å². The first-order valence-electron chi connectivity index (χ1n) is 5.64. The maximum absolute atomic E-state index is 7.44. The van der Waals surface area contributed by atoms with Crippen LogP contribution >= 0.6 is 0 Å². The van der Waals surface area contributed by atoms with Crippen LogP contribution in [0.25, 0.3) is 0 Å². The molecule has 0 N–H and O–H groups in total. The van der Waals surface area contributed by atoms with Crippen molar-refractivity contribution in [2.75, 3.05) is 14.1 Å². The molecule has 0 saturated carbocycles. The monoisotopic (exact) mass is 245 g/mol. The first-order valence-corrected chi connectivity index (χ1v) is 4.64. The summed E-state index contributed by atoms with van der Waals surface area (Å²) in [4.78, 5) is 1.96. The summed E-state index contributed by atoms with van der Waals surface area (Å²) in [6.45, 7) is 0.685. The molecule has 0 atom stereocenters. The fourth-order valence-electron chi connectivity index (χ4n) is 1.05. The van der Waals surface area contributed by atoms with Gasteiger partial charge >= 0.3 is 17.1 Å². The van der Waals surface area contributed by atoms with Crippen LogP contribution in [-0.2, 0) is 23.6 Å². The van der Waals surface area contributed by atoms with Gasteiger partial charge in [-0.25, -0.2) is 18.2 Å². The molecule has 2 aromatic carbocycles. The number of hydrogen-bond acceptors (Lipinski definition) is 1. The zero-order chi connectivity index (χ0) is 12.0. The Balaban J connectivity index is 0.000000360. The fourth-order valence-corrected chi connectivity index (χ4v) is 1.05. The van der Waals surface area contributed by atoms with E-state index in [-0.39, 0.29) is 17.1 Å². The molecule has 0 aliphatic heterocycles. The molecule has 0 radical (unpaired) electrons. The van der Waals surface area contributed by atoms with Crippen molar-refractivity contribution < 1.29 is 19.8 Å². The van der Waals surface area contributed by atoms with Gasteiger partial charge < -0.3 is 4.90 Å². The Morgan fingerprint density at radius 3 is 2.20 bits per heavy atom. The van der Waals surface area contributed by atoms with E-state index in [9.17, 15) is 0 Å². The summed E-state index contributed by atoms with van der Waals surface area (Å²) in [6, 6.07) is 14.3. The second kappa shape index (κ2) is 8.48. The van der Waals surface area contributed by atoms with Gasteiger partial charge in [-0.2, -0.15) is 41.9 Å². The maximum Gasteiger partial charge on any atom is 2.00 e. The Morgan fingerprint density at radius 2 is 1.87 bits per heavy atom. The van der Waals surface area contributed by atoms with Crippen LogP contribution in [0.5, 0.6) is 0 Å². The Kier molecular flexibility index (Phi) is 6.05. The van der Waals surface area contributed by atoms with Gasteiger partial charge in [0.05, 0.1) is 0 Å². The number of hydrogen-bond donors (Lipinski definition) is 0. The van der Waals surface area contributed by atoms with E-state index in [0.29, 0.717) is 18.6 Å². The largest absolute Gasteiger partial charge is 2.00 e. The zero-order valence-electron chi connectivity index (χ0n) is 11.0. The second-order valence-electron chi connectivity index (χ2n) is 3.30. The molecule has 0 aliphatic carbocycles. The summed E-state index contributed by atoms with van der Waals surface area (Å²) in [6.07, 6.45) is 0. The van der Waals surface area contributed by atoms with E-state index >= 15 is 0 Å². The SMILES string of the molecule is [2H]c1c[cH-]c([2H])c1CN(C)C.[Fe+2].c1cc[cH-]c1. The standard InChI is InChI=1S/C8H12N.C5H5.Fe/c1-9(2)7-8-5-3-4-6-8;1-2-4-5-3-1;/h3-6H,7H2,1-2H3;1-5H;/q2*-1;+2/i5D,6D;;. The molecule has 0 saturated heterocycles. The van der Waals surface area contributed by atoms with Crippen LogP contribution in [0.3, 0.4) is 0 Å². The summed E-state index contributed by atoms with van der Waals surface area (Å²) >= 11 is 0. The van der Waals surface area contributed by atoms with Crippen molar-refractivity contribution in [1.82, 2.24) is 4.90 Å². The van der Waals surface area contributed by atoms with Gasteiger partial charge in [0.2, 0.25) is 0 Å². The number of nitrogens with zero attached hydrogens (tertiary/aromatic N) is 1. The van der Waals surface area contributed by atoms with Gasteiger partial charge in [-0.1, -0.05) is 0 Å².